The molecule has 0 aliphatic rings. The molecular formula is C12H18N2O3. The number of methoxy groups -OCH3 is 2. The molecule has 0 unspecified atom stereocenters. The molecule has 5 nitrogen and oxygen atoms in total. The lowest BCUT2D eigenvalue weighted by Crippen LogP contribution is -2.26. The van der Waals surface area contributed by atoms with Crippen LogP contribution in [-0.4, -0.2) is 33.2 Å². The van der Waals surface area contributed by atoms with Crippen LogP contribution in [0.5, 0.6) is 11.5 Å². The highest BCUT2D eigenvalue weighted by atomic mass is 16.5. The molecule has 1 rings (SSSR count). The third-order valence-electron chi connectivity index (χ3n) is 2.22. The van der Waals surface area contributed by atoms with Crippen LogP contribution in [0.15, 0.2) is 18.2 Å². The second-order valence-corrected chi connectivity index (χ2v) is 3.48. The minimum Gasteiger partial charge on any atom is -0.497 e. The first-order valence-electron chi connectivity index (χ1n) is 5.37. The van der Waals surface area contributed by atoms with Crippen LogP contribution >= 0.6 is 0 Å². The van der Waals surface area contributed by atoms with Crippen LogP contribution < -0.4 is 20.1 Å². The predicted octanol–water partition coefficient (Wildman–Crippen LogP) is 1.25. The summed E-state index contributed by atoms with van der Waals surface area (Å²) in [5.41, 5.74) is 0.845. The lowest BCUT2D eigenvalue weighted by molar-refractivity contribution is -0.118. The normalized spacial score (nSPS) is 9.59. The van der Waals surface area contributed by atoms with Crippen molar-refractivity contribution in [2.45, 2.75) is 6.92 Å². The van der Waals surface area contributed by atoms with Gasteiger partial charge in [0.1, 0.15) is 11.5 Å². The van der Waals surface area contributed by atoms with Crippen LogP contribution in [0.4, 0.5) is 5.69 Å². The molecule has 0 bridgehead atoms. The predicted molar refractivity (Wildman–Crippen MR) is 66.7 cm³/mol. The minimum absolute atomic E-state index is 0.0376. The molecular weight excluding hydrogens is 220 g/mol. The van der Waals surface area contributed by atoms with Crippen molar-refractivity contribution in [2.24, 2.45) is 0 Å². The molecule has 0 saturated heterocycles. The minimum atomic E-state index is -0.0376. The summed E-state index contributed by atoms with van der Waals surface area (Å²) in [6, 6.07) is 5.52. The Kier molecular flexibility index (Phi) is 5.13. The van der Waals surface area contributed by atoms with Crippen molar-refractivity contribution in [2.75, 3.05) is 32.6 Å². The van der Waals surface area contributed by atoms with Crippen LogP contribution in [0.3, 0.4) is 0 Å². The summed E-state index contributed by atoms with van der Waals surface area (Å²) in [4.78, 5) is 10.7. The summed E-state index contributed by atoms with van der Waals surface area (Å²) in [5.74, 6) is 1.46. The van der Waals surface area contributed by atoms with E-state index in [2.05, 4.69) is 10.6 Å². The number of rotatable bonds is 6. The maximum atomic E-state index is 10.7. The van der Waals surface area contributed by atoms with Crippen molar-refractivity contribution < 1.29 is 14.3 Å². The first-order valence-corrected chi connectivity index (χ1v) is 5.37. The van der Waals surface area contributed by atoms with Gasteiger partial charge in [-0.1, -0.05) is 0 Å². The number of hydrogen-bond donors (Lipinski definition) is 2. The van der Waals surface area contributed by atoms with Gasteiger partial charge in [0.05, 0.1) is 19.9 Å². The van der Waals surface area contributed by atoms with E-state index in [9.17, 15) is 4.79 Å². The van der Waals surface area contributed by atoms with E-state index in [4.69, 9.17) is 9.47 Å². The van der Waals surface area contributed by atoms with Crippen molar-refractivity contribution in [3.63, 3.8) is 0 Å². The monoisotopic (exact) mass is 238 g/mol. The number of amides is 1. The molecule has 94 valence electrons. The van der Waals surface area contributed by atoms with Gasteiger partial charge in [0, 0.05) is 26.1 Å². The molecule has 0 aromatic heterocycles. The van der Waals surface area contributed by atoms with E-state index < -0.39 is 0 Å². The van der Waals surface area contributed by atoms with E-state index >= 15 is 0 Å². The van der Waals surface area contributed by atoms with Crippen LogP contribution in [0.25, 0.3) is 0 Å². The lowest BCUT2D eigenvalue weighted by Gasteiger charge is -2.12. The maximum absolute atomic E-state index is 10.7. The van der Waals surface area contributed by atoms with Gasteiger partial charge in [-0.15, -0.1) is 0 Å². The Hall–Kier alpha value is -1.91. The van der Waals surface area contributed by atoms with Crippen LogP contribution in [0, 0.1) is 0 Å². The van der Waals surface area contributed by atoms with Crippen LogP contribution in [0.1, 0.15) is 6.92 Å². The Morgan fingerprint density at radius 1 is 1.24 bits per heavy atom. The van der Waals surface area contributed by atoms with Crippen molar-refractivity contribution >= 4 is 11.6 Å². The molecule has 0 aliphatic heterocycles. The largest absolute Gasteiger partial charge is 0.497 e. The fourth-order valence-corrected chi connectivity index (χ4v) is 1.39. The Labute approximate surface area is 101 Å². The highest BCUT2D eigenvalue weighted by molar-refractivity contribution is 5.72. The second kappa shape index (κ2) is 6.62. The van der Waals surface area contributed by atoms with Gasteiger partial charge in [-0.05, 0) is 12.1 Å². The van der Waals surface area contributed by atoms with Gasteiger partial charge in [-0.25, -0.2) is 0 Å². The molecule has 0 spiro atoms. The molecule has 0 atom stereocenters. The van der Waals surface area contributed by atoms with Gasteiger partial charge in [0.25, 0.3) is 0 Å². The number of carbonyl (C=O) groups excluding carboxylic acids is 1. The number of nitrogens with one attached hydrogen (secondary N) is 2. The van der Waals surface area contributed by atoms with Crippen LogP contribution in [-0.2, 0) is 4.79 Å². The molecule has 1 aromatic carbocycles. The number of anilines is 1. The van der Waals surface area contributed by atoms with Gasteiger partial charge < -0.3 is 20.1 Å². The summed E-state index contributed by atoms with van der Waals surface area (Å²) in [6.45, 7) is 2.69. The zero-order valence-corrected chi connectivity index (χ0v) is 10.4. The van der Waals surface area contributed by atoms with Gasteiger partial charge >= 0.3 is 0 Å². The third kappa shape index (κ3) is 4.22. The first-order chi connectivity index (χ1) is 8.17. The van der Waals surface area contributed by atoms with Gasteiger partial charge in [-0.3, -0.25) is 4.79 Å². The number of hydrogen-bond acceptors (Lipinski definition) is 4. The molecule has 0 heterocycles. The van der Waals surface area contributed by atoms with E-state index in [1.807, 2.05) is 18.2 Å². The van der Waals surface area contributed by atoms with Crippen molar-refractivity contribution in [1.29, 1.82) is 0 Å². The standard InChI is InChI=1S/C12H18N2O3/c1-9(15)13-6-7-14-11-8-10(16-2)4-5-12(11)17-3/h4-5,8,14H,6-7H2,1-3H3,(H,13,15). The molecule has 1 aromatic rings. The molecule has 1 amide bonds. The van der Waals surface area contributed by atoms with Gasteiger partial charge in [0.15, 0.2) is 0 Å². The fourth-order valence-electron chi connectivity index (χ4n) is 1.39. The molecule has 17 heavy (non-hydrogen) atoms. The highest BCUT2D eigenvalue weighted by Gasteiger charge is 2.03. The second-order valence-electron chi connectivity index (χ2n) is 3.48. The average molecular weight is 238 g/mol. The summed E-state index contributed by atoms with van der Waals surface area (Å²) < 4.78 is 10.4. The summed E-state index contributed by atoms with van der Waals surface area (Å²) in [6.07, 6.45) is 0. The van der Waals surface area contributed by atoms with Gasteiger partial charge in [0.2, 0.25) is 5.91 Å². The number of carbonyl (C=O) groups is 1. The van der Waals surface area contributed by atoms with Crippen molar-refractivity contribution in [3.05, 3.63) is 18.2 Å². The van der Waals surface area contributed by atoms with E-state index in [0.717, 1.165) is 17.2 Å². The first kappa shape index (κ1) is 13.2. The SMILES string of the molecule is COc1ccc(OC)c(NCCNC(C)=O)c1. The lowest BCUT2D eigenvalue weighted by atomic mass is 10.2. The maximum Gasteiger partial charge on any atom is 0.216 e. The average Bonchev–Trinajstić information content (AvgIpc) is 2.34. The molecule has 0 radical (unpaired) electrons. The zero-order valence-electron chi connectivity index (χ0n) is 10.4. The quantitative estimate of drug-likeness (QED) is 0.732. The molecule has 0 fully saturated rings. The van der Waals surface area contributed by atoms with Crippen molar-refractivity contribution in [3.8, 4) is 11.5 Å². The Bertz CT molecular complexity index is 380. The van der Waals surface area contributed by atoms with Crippen LogP contribution in [0.2, 0.25) is 0 Å². The van der Waals surface area contributed by atoms with E-state index in [-0.39, 0.29) is 5.91 Å². The summed E-state index contributed by atoms with van der Waals surface area (Å²) in [7, 11) is 3.23. The number of benzene rings is 1. The molecule has 2 N–H and O–H groups in total. The third-order valence-corrected chi connectivity index (χ3v) is 2.22. The van der Waals surface area contributed by atoms with Crippen molar-refractivity contribution in [1.82, 2.24) is 5.32 Å². The topological polar surface area (TPSA) is 59.6 Å². The summed E-state index contributed by atoms with van der Waals surface area (Å²) in [5, 5.41) is 5.88. The van der Waals surface area contributed by atoms with E-state index in [0.29, 0.717) is 13.1 Å². The van der Waals surface area contributed by atoms with E-state index in [1.54, 1.807) is 14.2 Å². The Morgan fingerprint density at radius 2 is 2.00 bits per heavy atom. The van der Waals surface area contributed by atoms with Gasteiger partial charge in [-0.2, -0.15) is 0 Å². The Balaban J connectivity index is 2.58. The smallest absolute Gasteiger partial charge is 0.216 e. The highest BCUT2D eigenvalue weighted by Crippen LogP contribution is 2.28. The number of ether oxygens (including phenoxy) is 2. The van der Waals surface area contributed by atoms with E-state index in [1.165, 1.54) is 6.92 Å². The Morgan fingerprint density at radius 3 is 2.59 bits per heavy atom. The zero-order chi connectivity index (χ0) is 12.7. The molecule has 5 heteroatoms. The molecule has 0 saturated carbocycles. The fraction of sp³-hybridized carbons (Fsp3) is 0.417. The summed E-state index contributed by atoms with van der Waals surface area (Å²) >= 11 is 0. The molecule has 0 aliphatic carbocycles.